The number of urea groups is 1. The average Bonchev–Trinajstić information content (AvgIpc) is 3.30. The van der Waals surface area contributed by atoms with Crippen molar-refractivity contribution in [3.05, 3.63) is 48.0 Å². The first-order valence-corrected chi connectivity index (χ1v) is 15.5. The maximum Gasteiger partial charge on any atom is 0.315 e. The highest BCUT2D eigenvalue weighted by Crippen LogP contribution is 2.65. The third-order valence-electron chi connectivity index (χ3n) is 8.32. The van der Waals surface area contributed by atoms with Crippen molar-refractivity contribution in [3.8, 4) is 0 Å². The number of nitrogens with zero attached hydrogens (tertiary/aromatic N) is 1. The molecule has 1 heterocycles. The minimum atomic E-state index is -1.21. The zero-order valence-corrected chi connectivity index (χ0v) is 26.6. The zero-order chi connectivity index (χ0) is 31.7. The van der Waals surface area contributed by atoms with Gasteiger partial charge in [-0.3, -0.25) is 19.2 Å². The first-order valence-electron chi connectivity index (χ1n) is 14.8. The lowest BCUT2D eigenvalue weighted by Crippen LogP contribution is -2.61. The van der Waals surface area contributed by atoms with Crippen molar-refractivity contribution in [1.82, 2.24) is 26.2 Å². The topological polar surface area (TPSA) is 137 Å². The molecule has 4 N–H and O–H groups in total. The van der Waals surface area contributed by atoms with E-state index in [4.69, 9.17) is 23.2 Å². The number of nitrogens with one attached hydrogen (secondary N) is 4. The molecule has 1 aromatic carbocycles. The number of hydrogen-bond acceptors (Lipinski definition) is 5. The van der Waals surface area contributed by atoms with E-state index in [2.05, 4.69) is 27.8 Å². The Balaban J connectivity index is 1.59. The largest absolute Gasteiger partial charge is 0.346 e. The summed E-state index contributed by atoms with van der Waals surface area (Å²) in [6, 6.07) is 4.33. The Kier molecular flexibility index (Phi) is 9.81. The van der Waals surface area contributed by atoms with E-state index in [0.717, 1.165) is 11.1 Å². The molecule has 1 unspecified atom stereocenters. The van der Waals surface area contributed by atoms with Crippen LogP contribution in [0.4, 0.5) is 4.79 Å². The van der Waals surface area contributed by atoms with Crippen LogP contribution in [0, 0.1) is 17.8 Å². The van der Waals surface area contributed by atoms with E-state index in [9.17, 15) is 24.0 Å². The number of Topliss-reactive ketones (excluding diaryl/α,β-unsaturated/α-hetero) is 1. The summed E-state index contributed by atoms with van der Waals surface area (Å²) in [5, 5.41) is 10.9. The second-order valence-corrected chi connectivity index (χ2v) is 14.2. The molecule has 3 aliphatic rings. The lowest BCUT2D eigenvalue weighted by atomic mass is 9.94. The Morgan fingerprint density at radius 2 is 1.72 bits per heavy atom. The fourth-order valence-corrected chi connectivity index (χ4v) is 7.09. The number of halogens is 2. The molecule has 1 saturated carbocycles. The van der Waals surface area contributed by atoms with Gasteiger partial charge in [-0.1, -0.05) is 43.7 Å². The highest BCUT2D eigenvalue weighted by molar-refractivity contribution is 6.51. The molecule has 0 aromatic heterocycles. The van der Waals surface area contributed by atoms with Crippen LogP contribution >= 0.6 is 23.2 Å². The number of carbonyl (C=O) groups is 5. The first-order chi connectivity index (χ1) is 20.2. The lowest BCUT2D eigenvalue weighted by molar-refractivity contribution is -0.144. The van der Waals surface area contributed by atoms with Crippen molar-refractivity contribution in [2.24, 2.45) is 17.8 Å². The SMILES string of the molecule is C=CCNC(=O)C(=O)C(CCC)NC(=O)[C@@H]1[C@@H]2[C@H](CN1C(=O)[C@@H](NC(=O)NC(C)(C)C)C1Cc3ccccc3C1)C2(Cl)Cl. The van der Waals surface area contributed by atoms with Crippen LogP contribution in [0.5, 0.6) is 0 Å². The van der Waals surface area contributed by atoms with Gasteiger partial charge in [0.1, 0.15) is 16.4 Å². The summed E-state index contributed by atoms with van der Waals surface area (Å²) in [4.78, 5) is 67.9. The molecular formula is C31H41Cl2N5O5. The summed E-state index contributed by atoms with van der Waals surface area (Å²) in [6.07, 6.45) is 3.37. The lowest BCUT2D eigenvalue weighted by Gasteiger charge is -2.35. The molecule has 4 rings (SSSR count). The van der Waals surface area contributed by atoms with Crippen LogP contribution in [-0.2, 0) is 32.0 Å². The van der Waals surface area contributed by atoms with Crippen molar-refractivity contribution in [2.75, 3.05) is 13.1 Å². The fourth-order valence-electron chi connectivity index (χ4n) is 6.26. The van der Waals surface area contributed by atoms with Crippen LogP contribution in [-0.4, -0.2) is 75.5 Å². The molecule has 0 bridgehead atoms. The van der Waals surface area contributed by atoms with Crippen LogP contribution in [0.1, 0.15) is 51.7 Å². The average molecular weight is 635 g/mol. The van der Waals surface area contributed by atoms with Gasteiger partial charge in [-0.05, 0) is 57.1 Å². The number of fused-ring (bicyclic) bond motifs is 2. The molecule has 0 radical (unpaired) electrons. The molecule has 5 atom stereocenters. The fraction of sp³-hybridized carbons (Fsp3) is 0.581. The zero-order valence-electron chi connectivity index (χ0n) is 25.0. The van der Waals surface area contributed by atoms with Gasteiger partial charge < -0.3 is 26.2 Å². The van der Waals surface area contributed by atoms with Crippen molar-refractivity contribution in [1.29, 1.82) is 0 Å². The van der Waals surface area contributed by atoms with Gasteiger partial charge in [0.25, 0.3) is 5.91 Å². The predicted molar refractivity (Wildman–Crippen MR) is 165 cm³/mol. The molecule has 1 aliphatic heterocycles. The van der Waals surface area contributed by atoms with Crippen LogP contribution in [0.15, 0.2) is 36.9 Å². The summed E-state index contributed by atoms with van der Waals surface area (Å²) in [5.74, 6) is -3.80. The number of alkyl halides is 2. The smallest absolute Gasteiger partial charge is 0.315 e. The molecule has 1 saturated heterocycles. The van der Waals surface area contributed by atoms with E-state index in [-0.39, 0.29) is 31.3 Å². The van der Waals surface area contributed by atoms with Crippen LogP contribution in [0.25, 0.3) is 0 Å². The Hall–Kier alpha value is -3.11. The maximum absolute atomic E-state index is 14.3. The molecule has 43 heavy (non-hydrogen) atoms. The summed E-state index contributed by atoms with van der Waals surface area (Å²) in [7, 11) is 0. The van der Waals surface area contributed by atoms with Gasteiger partial charge in [0, 0.05) is 30.5 Å². The Bertz CT molecular complexity index is 1270. The summed E-state index contributed by atoms with van der Waals surface area (Å²) < 4.78 is -1.21. The Morgan fingerprint density at radius 1 is 1.09 bits per heavy atom. The van der Waals surface area contributed by atoms with Gasteiger partial charge >= 0.3 is 6.03 Å². The molecule has 10 nitrogen and oxygen atoms in total. The molecule has 0 spiro atoms. The Labute approximate surface area is 262 Å². The minimum absolute atomic E-state index is 0.106. The summed E-state index contributed by atoms with van der Waals surface area (Å²) in [5.41, 5.74) is 1.68. The number of ketones is 1. The summed E-state index contributed by atoms with van der Waals surface area (Å²) >= 11 is 13.1. The van der Waals surface area contributed by atoms with Crippen molar-refractivity contribution in [3.63, 3.8) is 0 Å². The molecule has 234 valence electrons. The number of piperidine rings is 1. The van der Waals surface area contributed by atoms with Gasteiger partial charge in [0.15, 0.2) is 0 Å². The standard InChI is InChI=1S/C31H41Cl2N5O5/c1-6-10-21(25(39)27(41)34-13-7-2)35-26(40)24-22-20(31(22,32)33)16-38(24)28(42)23(36-29(43)37-30(3,4)5)19-14-17-11-8-9-12-18(17)15-19/h7-9,11-12,19-24H,2,6,10,13-16H2,1,3-5H3,(H,34,41)(H,35,40)(H2,36,37,43)/t20-,21?,22-,23-,24-/m0/s1. The first kappa shape index (κ1) is 32.8. The monoisotopic (exact) mass is 633 g/mol. The number of amides is 5. The van der Waals surface area contributed by atoms with E-state index in [1.807, 2.05) is 52.0 Å². The minimum Gasteiger partial charge on any atom is -0.346 e. The molecule has 12 heteroatoms. The highest BCUT2D eigenvalue weighted by Gasteiger charge is 2.74. The van der Waals surface area contributed by atoms with Crippen molar-refractivity contribution in [2.45, 2.75) is 81.4 Å². The normalized spacial score (nSPS) is 23.3. The van der Waals surface area contributed by atoms with Crippen molar-refractivity contribution < 1.29 is 24.0 Å². The van der Waals surface area contributed by atoms with Gasteiger partial charge in [0.05, 0.1) is 6.04 Å². The number of hydrogen-bond donors (Lipinski definition) is 4. The third kappa shape index (κ3) is 7.17. The molecule has 1 aromatic rings. The molecular weight excluding hydrogens is 593 g/mol. The van der Waals surface area contributed by atoms with E-state index >= 15 is 0 Å². The number of rotatable bonds is 11. The van der Waals surface area contributed by atoms with E-state index in [1.54, 1.807) is 0 Å². The summed E-state index contributed by atoms with van der Waals surface area (Å²) in [6.45, 7) is 11.1. The van der Waals surface area contributed by atoms with Crippen LogP contribution in [0.3, 0.4) is 0 Å². The van der Waals surface area contributed by atoms with E-state index in [1.165, 1.54) is 11.0 Å². The van der Waals surface area contributed by atoms with Gasteiger partial charge in [-0.15, -0.1) is 29.8 Å². The third-order valence-corrected chi connectivity index (χ3v) is 9.39. The maximum atomic E-state index is 14.3. The molecule has 5 amide bonds. The molecule has 2 aliphatic carbocycles. The predicted octanol–water partition coefficient (Wildman–Crippen LogP) is 2.65. The molecule has 2 fully saturated rings. The quantitative estimate of drug-likeness (QED) is 0.169. The number of benzene rings is 1. The number of likely N-dealkylation sites (tertiary alicyclic amines) is 1. The highest BCUT2D eigenvalue weighted by atomic mass is 35.5. The second kappa shape index (κ2) is 12.9. The van der Waals surface area contributed by atoms with Crippen molar-refractivity contribution >= 4 is 52.7 Å². The van der Waals surface area contributed by atoms with Crippen LogP contribution < -0.4 is 21.3 Å². The van der Waals surface area contributed by atoms with E-state index in [0.29, 0.717) is 19.3 Å². The van der Waals surface area contributed by atoms with E-state index < -0.39 is 63.5 Å². The van der Waals surface area contributed by atoms with Gasteiger partial charge in [0.2, 0.25) is 17.6 Å². The second-order valence-electron chi connectivity index (χ2n) is 12.7. The Morgan fingerprint density at radius 3 is 2.28 bits per heavy atom. The number of carbonyl (C=O) groups excluding carboxylic acids is 5. The van der Waals surface area contributed by atoms with Gasteiger partial charge in [-0.2, -0.15) is 0 Å². The van der Waals surface area contributed by atoms with Crippen LogP contribution in [0.2, 0.25) is 0 Å². The van der Waals surface area contributed by atoms with Gasteiger partial charge in [-0.25, -0.2) is 4.79 Å².